The van der Waals surface area contributed by atoms with Gasteiger partial charge in [-0.2, -0.15) is 11.8 Å². The molecule has 108 valence electrons. The van der Waals surface area contributed by atoms with Gasteiger partial charge in [0, 0.05) is 16.3 Å². The van der Waals surface area contributed by atoms with Gasteiger partial charge in [0.15, 0.2) is 0 Å². The molecule has 1 aliphatic rings. The Bertz CT molecular complexity index is 605. The number of rotatable bonds is 3. The van der Waals surface area contributed by atoms with E-state index in [4.69, 9.17) is 16.6 Å². The molecule has 5 heteroatoms. The van der Waals surface area contributed by atoms with Crippen LogP contribution in [0, 0.1) is 0 Å². The van der Waals surface area contributed by atoms with Gasteiger partial charge in [-0.25, -0.2) is 4.98 Å². The standard InChI is InChI=1S/C15H18BrClN2S/c1-10(17)15-18-13-8-11(16)5-6-14(13)19(15)9-12-4-2-3-7-20-12/h5-6,8,10,12H,2-4,7,9H2,1H3. The fourth-order valence-electron chi connectivity index (χ4n) is 2.77. The van der Waals surface area contributed by atoms with E-state index in [0.717, 1.165) is 22.4 Å². The van der Waals surface area contributed by atoms with Crippen molar-refractivity contribution in [3.05, 3.63) is 28.5 Å². The van der Waals surface area contributed by atoms with Gasteiger partial charge in [0.1, 0.15) is 5.82 Å². The van der Waals surface area contributed by atoms with Gasteiger partial charge in [0.2, 0.25) is 0 Å². The summed E-state index contributed by atoms with van der Waals surface area (Å²) >= 11 is 11.9. The second-order valence-corrected chi connectivity index (χ2v) is 8.30. The first kappa shape index (κ1) is 14.7. The number of aromatic nitrogens is 2. The second-order valence-electron chi connectivity index (χ2n) is 5.32. The van der Waals surface area contributed by atoms with Crippen molar-refractivity contribution in [3.8, 4) is 0 Å². The van der Waals surface area contributed by atoms with Crippen LogP contribution < -0.4 is 0 Å². The van der Waals surface area contributed by atoms with Gasteiger partial charge in [-0.3, -0.25) is 0 Å². The predicted octanol–water partition coefficient (Wildman–Crippen LogP) is 5.38. The summed E-state index contributed by atoms with van der Waals surface area (Å²) in [6.45, 7) is 3.03. The Morgan fingerprint density at radius 1 is 1.50 bits per heavy atom. The molecular formula is C15H18BrClN2S. The molecule has 0 aliphatic carbocycles. The minimum atomic E-state index is -0.0604. The largest absolute Gasteiger partial charge is 0.326 e. The maximum atomic E-state index is 6.34. The molecule has 0 N–H and O–H groups in total. The zero-order chi connectivity index (χ0) is 14.1. The van der Waals surface area contributed by atoms with Crippen molar-refractivity contribution in [3.63, 3.8) is 0 Å². The number of imidazole rings is 1. The molecular weight excluding hydrogens is 356 g/mol. The number of nitrogens with zero attached hydrogens (tertiary/aromatic N) is 2. The zero-order valence-corrected chi connectivity index (χ0v) is 14.6. The average molecular weight is 374 g/mol. The van der Waals surface area contributed by atoms with E-state index in [1.165, 1.54) is 30.5 Å². The Hall–Kier alpha value is -0.190. The number of hydrogen-bond donors (Lipinski definition) is 0. The first-order chi connectivity index (χ1) is 9.65. The minimum absolute atomic E-state index is 0.0604. The van der Waals surface area contributed by atoms with E-state index >= 15 is 0 Å². The molecule has 0 radical (unpaired) electrons. The highest BCUT2D eigenvalue weighted by Crippen LogP contribution is 2.31. The van der Waals surface area contributed by atoms with Crippen molar-refractivity contribution >= 4 is 50.3 Å². The summed E-state index contributed by atoms with van der Waals surface area (Å²) in [5, 5.41) is 0.633. The van der Waals surface area contributed by atoms with Crippen molar-refractivity contribution in [2.45, 2.75) is 43.4 Å². The number of fused-ring (bicyclic) bond motifs is 1. The molecule has 0 spiro atoms. The predicted molar refractivity (Wildman–Crippen MR) is 91.8 cm³/mol. The van der Waals surface area contributed by atoms with Crippen LogP contribution in [0.5, 0.6) is 0 Å². The maximum Gasteiger partial charge on any atom is 0.127 e. The molecule has 0 bridgehead atoms. The lowest BCUT2D eigenvalue weighted by atomic mass is 10.2. The Morgan fingerprint density at radius 3 is 3.05 bits per heavy atom. The number of alkyl halides is 1. The SMILES string of the molecule is CC(Cl)c1nc2cc(Br)ccc2n1CC1CCCCS1. The van der Waals surface area contributed by atoms with Crippen LogP contribution in [0.3, 0.4) is 0 Å². The highest BCUT2D eigenvalue weighted by atomic mass is 79.9. The van der Waals surface area contributed by atoms with Gasteiger partial charge in [-0.1, -0.05) is 22.4 Å². The van der Waals surface area contributed by atoms with Crippen LogP contribution in [0.15, 0.2) is 22.7 Å². The van der Waals surface area contributed by atoms with E-state index in [2.05, 4.69) is 50.5 Å². The Balaban J connectivity index is 1.99. The van der Waals surface area contributed by atoms with Crippen molar-refractivity contribution < 1.29 is 0 Å². The molecule has 2 heterocycles. The van der Waals surface area contributed by atoms with Crippen molar-refractivity contribution in [2.75, 3.05) is 5.75 Å². The summed E-state index contributed by atoms with van der Waals surface area (Å²) in [6.07, 6.45) is 4.01. The van der Waals surface area contributed by atoms with Crippen LogP contribution >= 0.6 is 39.3 Å². The highest BCUT2D eigenvalue weighted by Gasteiger charge is 2.20. The van der Waals surface area contributed by atoms with Crippen molar-refractivity contribution in [1.29, 1.82) is 0 Å². The third kappa shape index (κ3) is 3.02. The summed E-state index contributed by atoms with van der Waals surface area (Å²) in [6, 6.07) is 6.29. The number of thioether (sulfide) groups is 1. The third-order valence-corrected chi connectivity index (χ3v) is 5.82. The summed E-state index contributed by atoms with van der Waals surface area (Å²) in [4.78, 5) is 4.73. The van der Waals surface area contributed by atoms with E-state index in [1.807, 2.05) is 6.92 Å². The molecule has 2 nitrogen and oxygen atoms in total. The fraction of sp³-hybridized carbons (Fsp3) is 0.533. The second kappa shape index (κ2) is 6.29. The molecule has 2 unspecified atom stereocenters. The van der Waals surface area contributed by atoms with Crippen LogP contribution in [0.1, 0.15) is 37.4 Å². The molecule has 1 fully saturated rings. The van der Waals surface area contributed by atoms with Gasteiger partial charge in [0.05, 0.1) is 16.4 Å². The molecule has 0 amide bonds. The minimum Gasteiger partial charge on any atom is -0.326 e. The van der Waals surface area contributed by atoms with Crippen LogP contribution in [0.4, 0.5) is 0 Å². The molecule has 1 aromatic heterocycles. The molecule has 0 saturated carbocycles. The first-order valence-corrected chi connectivity index (χ1v) is 9.34. The van der Waals surface area contributed by atoms with Crippen molar-refractivity contribution in [1.82, 2.24) is 9.55 Å². The Labute approximate surface area is 137 Å². The summed E-state index contributed by atoms with van der Waals surface area (Å²) in [5.41, 5.74) is 2.23. The summed E-state index contributed by atoms with van der Waals surface area (Å²) < 4.78 is 3.39. The van der Waals surface area contributed by atoms with Crippen molar-refractivity contribution in [2.24, 2.45) is 0 Å². The maximum absolute atomic E-state index is 6.34. The number of benzene rings is 1. The number of hydrogen-bond acceptors (Lipinski definition) is 2. The molecule has 1 aliphatic heterocycles. The molecule has 1 saturated heterocycles. The zero-order valence-electron chi connectivity index (χ0n) is 11.5. The van der Waals surface area contributed by atoms with Crippen LogP contribution in [0.25, 0.3) is 11.0 Å². The lowest BCUT2D eigenvalue weighted by molar-refractivity contribution is 0.575. The fourth-order valence-corrected chi connectivity index (χ4v) is 4.58. The van der Waals surface area contributed by atoms with Gasteiger partial charge < -0.3 is 4.57 Å². The normalized spacial score (nSPS) is 21.2. The lowest BCUT2D eigenvalue weighted by Crippen LogP contribution is -2.18. The van der Waals surface area contributed by atoms with E-state index in [0.29, 0.717) is 5.25 Å². The van der Waals surface area contributed by atoms with E-state index in [9.17, 15) is 0 Å². The molecule has 20 heavy (non-hydrogen) atoms. The summed E-state index contributed by atoms with van der Waals surface area (Å²) in [5.74, 6) is 2.28. The van der Waals surface area contributed by atoms with Gasteiger partial charge >= 0.3 is 0 Å². The quantitative estimate of drug-likeness (QED) is 0.672. The summed E-state index contributed by atoms with van der Waals surface area (Å²) in [7, 11) is 0. The van der Waals surface area contributed by atoms with E-state index in [-0.39, 0.29) is 5.38 Å². The van der Waals surface area contributed by atoms with Crippen LogP contribution in [0.2, 0.25) is 0 Å². The van der Waals surface area contributed by atoms with Crippen LogP contribution in [-0.2, 0) is 6.54 Å². The van der Waals surface area contributed by atoms with E-state index < -0.39 is 0 Å². The topological polar surface area (TPSA) is 17.8 Å². The van der Waals surface area contributed by atoms with Gasteiger partial charge in [-0.15, -0.1) is 11.6 Å². The lowest BCUT2D eigenvalue weighted by Gasteiger charge is -2.23. The number of halogens is 2. The molecule has 1 aromatic carbocycles. The monoisotopic (exact) mass is 372 g/mol. The third-order valence-electron chi connectivity index (χ3n) is 3.76. The first-order valence-electron chi connectivity index (χ1n) is 7.06. The molecule has 3 rings (SSSR count). The van der Waals surface area contributed by atoms with Crippen LogP contribution in [-0.4, -0.2) is 20.6 Å². The highest BCUT2D eigenvalue weighted by molar-refractivity contribution is 9.10. The molecule has 2 aromatic rings. The Morgan fingerprint density at radius 2 is 2.35 bits per heavy atom. The smallest absolute Gasteiger partial charge is 0.127 e. The average Bonchev–Trinajstić information content (AvgIpc) is 2.78. The van der Waals surface area contributed by atoms with Gasteiger partial charge in [0.25, 0.3) is 0 Å². The van der Waals surface area contributed by atoms with Gasteiger partial charge in [-0.05, 0) is 43.7 Å². The van der Waals surface area contributed by atoms with E-state index in [1.54, 1.807) is 0 Å². The molecule has 2 atom stereocenters. The Kier molecular flexibility index (Phi) is 4.63.